The predicted octanol–water partition coefficient (Wildman–Crippen LogP) is 5.57. The number of carbonyl (C=O) groups excluding carboxylic acids is 1. The molecule has 3 aromatic rings. The number of carbonyl (C=O) groups is 1. The van der Waals surface area contributed by atoms with Crippen molar-refractivity contribution in [2.24, 2.45) is 0 Å². The number of fused-ring (bicyclic) bond motifs is 2. The van der Waals surface area contributed by atoms with E-state index in [1.54, 1.807) is 4.90 Å². The van der Waals surface area contributed by atoms with Crippen molar-refractivity contribution < 1.29 is 14.3 Å². The Morgan fingerprint density at radius 2 is 1.85 bits per heavy atom. The van der Waals surface area contributed by atoms with E-state index < -0.39 is 5.60 Å². The van der Waals surface area contributed by atoms with Crippen molar-refractivity contribution in [1.29, 1.82) is 5.26 Å². The molecule has 2 fully saturated rings. The van der Waals surface area contributed by atoms with E-state index in [2.05, 4.69) is 71.1 Å². The summed E-state index contributed by atoms with van der Waals surface area (Å²) in [6, 6.07) is 15.8. The molecule has 10 heteroatoms. The van der Waals surface area contributed by atoms with Gasteiger partial charge in [0.05, 0.1) is 30.8 Å². The first-order chi connectivity index (χ1) is 22.1. The van der Waals surface area contributed by atoms with Gasteiger partial charge >= 0.3 is 12.1 Å². The monoisotopic (exact) mass is 625 g/mol. The first kappa shape index (κ1) is 31.9. The Kier molecular flexibility index (Phi) is 9.23. The number of amides is 1. The quantitative estimate of drug-likeness (QED) is 0.334. The highest BCUT2D eigenvalue weighted by Crippen LogP contribution is 2.36. The summed E-state index contributed by atoms with van der Waals surface area (Å²) in [5, 5.41) is 12.2. The van der Waals surface area contributed by atoms with Crippen molar-refractivity contribution in [3.05, 3.63) is 53.2 Å². The van der Waals surface area contributed by atoms with E-state index in [0.717, 1.165) is 49.4 Å². The molecule has 0 radical (unpaired) electrons. The number of likely N-dealkylation sites (tertiary alicyclic amines) is 1. The molecule has 2 atom stereocenters. The number of nitriles is 1. The SMILES string of the molecule is CCc1cccc2cccc(N3CCc4c(nc(OC[C@@H]5CCCN5C)nc4N4CCN(C(=O)OC(C)(C)C)[C@@H](CC#N)C4)C3)c12. The molecule has 1 amide bonds. The van der Waals surface area contributed by atoms with Gasteiger partial charge in [-0.15, -0.1) is 0 Å². The Morgan fingerprint density at radius 3 is 2.57 bits per heavy atom. The van der Waals surface area contributed by atoms with Gasteiger partial charge in [-0.05, 0) is 77.1 Å². The molecule has 10 nitrogen and oxygen atoms in total. The van der Waals surface area contributed by atoms with Crippen LogP contribution in [0.1, 0.15) is 63.8 Å². The first-order valence-corrected chi connectivity index (χ1v) is 16.7. The van der Waals surface area contributed by atoms with Crippen LogP contribution in [0.5, 0.6) is 6.01 Å². The van der Waals surface area contributed by atoms with Gasteiger partial charge in [-0.3, -0.25) is 0 Å². The van der Waals surface area contributed by atoms with E-state index >= 15 is 0 Å². The highest BCUT2D eigenvalue weighted by Gasteiger charge is 2.36. The second-order valence-electron chi connectivity index (χ2n) is 13.8. The van der Waals surface area contributed by atoms with Crippen LogP contribution >= 0.6 is 0 Å². The van der Waals surface area contributed by atoms with Crippen LogP contribution in [0.3, 0.4) is 0 Å². The predicted molar refractivity (Wildman–Crippen MR) is 180 cm³/mol. The summed E-state index contributed by atoms with van der Waals surface area (Å²) in [6.45, 7) is 12.5. The van der Waals surface area contributed by atoms with Gasteiger partial charge < -0.3 is 29.1 Å². The Labute approximate surface area is 272 Å². The van der Waals surface area contributed by atoms with Crippen molar-refractivity contribution >= 4 is 28.4 Å². The number of piperazine rings is 1. The van der Waals surface area contributed by atoms with Crippen molar-refractivity contribution in [2.45, 2.75) is 84.0 Å². The Hall–Kier alpha value is -4.10. The van der Waals surface area contributed by atoms with E-state index in [-0.39, 0.29) is 18.6 Å². The van der Waals surface area contributed by atoms with E-state index in [1.807, 2.05) is 20.8 Å². The summed E-state index contributed by atoms with van der Waals surface area (Å²) in [4.78, 5) is 31.9. The zero-order chi connectivity index (χ0) is 32.4. The largest absolute Gasteiger partial charge is 0.462 e. The van der Waals surface area contributed by atoms with Gasteiger partial charge in [-0.25, -0.2) is 4.79 Å². The zero-order valence-corrected chi connectivity index (χ0v) is 28.0. The van der Waals surface area contributed by atoms with Crippen molar-refractivity contribution in [3.63, 3.8) is 0 Å². The second kappa shape index (κ2) is 13.3. The normalized spacial score (nSPS) is 20.5. The second-order valence-corrected chi connectivity index (χ2v) is 13.8. The molecule has 3 aliphatic rings. The molecule has 0 saturated carbocycles. The molecule has 0 bridgehead atoms. The molecule has 3 aliphatic heterocycles. The lowest BCUT2D eigenvalue weighted by Crippen LogP contribution is -2.56. The molecule has 1 aromatic heterocycles. The van der Waals surface area contributed by atoms with Gasteiger partial charge in [-0.1, -0.05) is 37.3 Å². The number of hydrogen-bond donors (Lipinski definition) is 0. The Morgan fingerprint density at radius 1 is 1.04 bits per heavy atom. The molecule has 4 heterocycles. The van der Waals surface area contributed by atoms with Gasteiger partial charge in [0.25, 0.3) is 0 Å². The third-order valence-electron chi connectivity index (χ3n) is 9.53. The van der Waals surface area contributed by atoms with Crippen LogP contribution < -0.4 is 14.5 Å². The molecule has 2 saturated heterocycles. The van der Waals surface area contributed by atoms with Crippen LogP contribution in [-0.4, -0.2) is 89.9 Å². The minimum Gasteiger partial charge on any atom is -0.462 e. The average molecular weight is 626 g/mol. The standard InChI is InChI=1S/C36H47N7O3/c1-6-25-10-7-11-26-12-8-14-31(32(25)26)41-19-16-29-30(23-41)38-34(45-24-28-13-9-18-40(28)5)39-33(29)42-20-21-43(27(22-42)15-17-37)35(44)46-36(2,3)4/h7-8,10-12,14,27-28H,6,9,13,15-16,18-24H2,1-5H3/t27-,28-/m0/s1. The highest BCUT2D eigenvalue weighted by molar-refractivity contribution is 5.97. The summed E-state index contributed by atoms with van der Waals surface area (Å²) >= 11 is 0. The molecule has 46 heavy (non-hydrogen) atoms. The zero-order valence-electron chi connectivity index (χ0n) is 28.0. The molecule has 0 unspecified atom stereocenters. The lowest BCUT2D eigenvalue weighted by molar-refractivity contribution is 0.0144. The average Bonchev–Trinajstić information content (AvgIpc) is 3.46. The third-order valence-corrected chi connectivity index (χ3v) is 9.53. The van der Waals surface area contributed by atoms with Crippen molar-refractivity contribution in [3.8, 4) is 12.1 Å². The molecule has 6 rings (SSSR count). The third kappa shape index (κ3) is 6.70. The van der Waals surface area contributed by atoms with Crippen LogP contribution in [0.15, 0.2) is 36.4 Å². The maximum absolute atomic E-state index is 13.1. The number of aryl methyl sites for hydroxylation is 1. The van der Waals surface area contributed by atoms with Crippen LogP contribution in [0.4, 0.5) is 16.3 Å². The van der Waals surface area contributed by atoms with Crippen LogP contribution in [0, 0.1) is 11.3 Å². The fraction of sp³-hybridized carbons (Fsp3) is 0.556. The minimum atomic E-state index is -0.607. The Balaban J connectivity index is 1.32. The van der Waals surface area contributed by atoms with Crippen LogP contribution in [0.2, 0.25) is 0 Å². The van der Waals surface area contributed by atoms with E-state index in [9.17, 15) is 10.1 Å². The van der Waals surface area contributed by atoms with E-state index in [4.69, 9.17) is 19.4 Å². The van der Waals surface area contributed by atoms with Crippen molar-refractivity contribution in [2.75, 3.05) is 56.2 Å². The van der Waals surface area contributed by atoms with Crippen molar-refractivity contribution in [1.82, 2.24) is 19.8 Å². The fourth-order valence-corrected chi connectivity index (χ4v) is 7.13. The van der Waals surface area contributed by atoms with Gasteiger partial charge in [0.15, 0.2) is 0 Å². The molecule has 244 valence electrons. The number of benzene rings is 2. The first-order valence-electron chi connectivity index (χ1n) is 16.7. The Bertz CT molecular complexity index is 1610. The highest BCUT2D eigenvalue weighted by atomic mass is 16.6. The number of aromatic nitrogens is 2. The van der Waals surface area contributed by atoms with Gasteiger partial charge in [0.2, 0.25) is 0 Å². The summed E-state index contributed by atoms with van der Waals surface area (Å²) in [7, 11) is 2.15. The maximum Gasteiger partial charge on any atom is 0.410 e. The number of hydrogen-bond acceptors (Lipinski definition) is 9. The van der Waals surface area contributed by atoms with Gasteiger partial charge in [-0.2, -0.15) is 15.2 Å². The topological polar surface area (TPSA) is 98.1 Å². The lowest BCUT2D eigenvalue weighted by atomic mass is 9.98. The minimum absolute atomic E-state index is 0.217. The number of nitrogens with zero attached hydrogens (tertiary/aromatic N) is 7. The number of likely N-dealkylation sites (N-methyl/N-ethyl adjacent to an activating group) is 1. The molecular formula is C36H47N7O3. The molecule has 0 aliphatic carbocycles. The molecule has 0 spiro atoms. The van der Waals surface area contributed by atoms with Crippen LogP contribution in [0.25, 0.3) is 10.8 Å². The number of rotatable bonds is 7. The molecular weight excluding hydrogens is 578 g/mol. The smallest absolute Gasteiger partial charge is 0.410 e. The van der Waals surface area contributed by atoms with E-state index in [1.165, 1.54) is 28.4 Å². The molecule has 2 aromatic carbocycles. The number of anilines is 2. The lowest BCUT2D eigenvalue weighted by Gasteiger charge is -2.42. The maximum atomic E-state index is 13.1. The van der Waals surface area contributed by atoms with E-state index in [0.29, 0.717) is 44.8 Å². The fourth-order valence-electron chi connectivity index (χ4n) is 7.13. The summed E-state index contributed by atoms with van der Waals surface area (Å²) in [5.74, 6) is 0.860. The van der Waals surface area contributed by atoms with Gasteiger partial charge in [0, 0.05) is 48.9 Å². The summed E-state index contributed by atoms with van der Waals surface area (Å²) in [5.41, 5.74) is 4.07. The summed E-state index contributed by atoms with van der Waals surface area (Å²) < 4.78 is 12.0. The summed E-state index contributed by atoms with van der Waals surface area (Å²) in [6.07, 6.45) is 3.87. The van der Waals surface area contributed by atoms with Crippen LogP contribution in [-0.2, 0) is 24.1 Å². The molecule has 0 N–H and O–H groups in total. The van der Waals surface area contributed by atoms with Gasteiger partial charge in [0.1, 0.15) is 18.0 Å². The number of ether oxygens (including phenoxy) is 2.